The number of hydrogen-bond donors (Lipinski definition) is 3. The quantitative estimate of drug-likeness (QED) is 0.767. The van der Waals surface area contributed by atoms with Crippen LogP contribution in [0, 0.1) is 18.7 Å². The molecule has 1 heterocycles. The summed E-state index contributed by atoms with van der Waals surface area (Å²) in [6.07, 6.45) is 0.225. The largest absolute Gasteiger partial charge is 0.481 e. The molecule has 3 N–H and O–H groups in total. The van der Waals surface area contributed by atoms with Crippen LogP contribution in [-0.2, 0) is 11.2 Å². The summed E-state index contributed by atoms with van der Waals surface area (Å²) < 4.78 is 13.2. The molecule has 1 aromatic rings. The Morgan fingerprint density at radius 1 is 1.53 bits per heavy atom. The molecule has 104 valence electrons. The first-order valence-electron chi connectivity index (χ1n) is 6.36. The minimum atomic E-state index is -0.976. The van der Waals surface area contributed by atoms with Gasteiger partial charge in [0.15, 0.2) is 0 Å². The van der Waals surface area contributed by atoms with Gasteiger partial charge in [0.2, 0.25) is 0 Å². The maximum Gasteiger partial charge on any atom is 0.310 e. The molecule has 2 rings (SSSR count). The summed E-state index contributed by atoms with van der Waals surface area (Å²) in [6, 6.07) is 4.96. The van der Waals surface area contributed by atoms with E-state index in [-0.39, 0.29) is 18.4 Å². The number of halogens is 1. The van der Waals surface area contributed by atoms with Gasteiger partial charge in [0.25, 0.3) is 0 Å². The maximum absolute atomic E-state index is 13.2. The van der Waals surface area contributed by atoms with E-state index >= 15 is 0 Å². The number of rotatable bonds is 3. The number of aliphatic carboxylic acids is 1. The van der Waals surface area contributed by atoms with Crippen LogP contribution in [0.2, 0.25) is 0 Å². The normalized spacial score (nSPS) is 27.2. The predicted molar refractivity (Wildman–Crippen MR) is 68.4 cm³/mol. The van der Waals surface area contributed by atoms with Crippen LogP contribution < -0.4 is 5.32 Å². The highest BCUT2D eigenvalue weighted by atomic mass is 19.1. The zero-order chi connectivity index (χ0) is 14.0. The SMILES string of the molecule is Cc1cc(CC2CC(O)C(C(=O)O)CN2)ccc1F. The number of nitrogens with one attached hydrogen (secondary N) is 1. The molecule has 0 bridgehead atoms. The first-order chi connectivity index (χ1) is 8.97. The van der Waals surface area contributed by atoms with E-state index in [9.17, 15) is 14.3 Å². The van der Waals surface area contributed by atoms with Gasteiger partial charge >= 0.3 is 5.97 Å². The number of aryl methyl sites for hydroxylation is 1. The number of benzene rings is 1. The number of carbonyl (C=O) groups is 1. The average molecular weight is 267 g/mol. The van der Waals surface area contributed by atoms with Crippen molar-refractivity contribution in [1.82, 2.24) is 5.32 Å². The van der Waals surface area contributed by atoms with Gasteiger partial charge in [-0.15, -0.1) is 0 Å². The second-order valence-electron chi connectivity index (χ2n) is 5.14. The van der Waals surface area contributed by atoms with E-state index in [1.807, 2.05) is 0 Å². The number of carboxylic acids is 1. The van der Waals surface area contributed by atoms with E-state index in [4.69, 9.17) is 5.11 Å². The van der Waals surface area contributed by atoms with E-state index in [1.165, 1.54) is 6.07 Å². The number of hydrogen-bond acceptors (Lipinski definition) is 3. The first-order valence-corrected chi connectivity index (χ1v) is 6.36. The monoisotopic (exact) mass is 267 g/mol. The second kappa shape index (κ2) is 5.67. The molecule has 1 fully saturated rings. The standard InChI is InChI=1S/C14H18FNO3/c1-8-4-9(2-3-12(8)15)5-10-6-13(17)11(7-16-10)14(18)19/h2-4,10-11,13,16-17H,5-7H2,1H3,(H,18,19). The average Bonchev–Trinajstić information content (AvgIpc) is 2.33. The van der Waals surface area contributed by atoms with Crippen LogP contribution >= 0.6 is 0 Å². The highest BCUT2D eigenvalue weighted by Gasteiger charge is 2.33. The van der Waals surface area contributed by atoms with Gasteiger partial charge in [0.1, 0.15) is 5.82 Å². The Kier molecular flexibility index (Phi) is 4.17. The lowest BCUT2D eigenvalue weighted by atomic mass is 9.88. The predicted octanol–water partition coefficient (Wildman–Crippen LogP) is 1.10. The fourth-order valence-corrected chi connectivity index (χ4v) is 2.49. The van der Waals surface area contributed by atoms with Crippen LogP contribution in [0.25, 0.3) is 0 Å². The Bertz CT molecular complexity index is 478. The molecule has 0 radical (unpaired) electrons. The number of carboxylic acid groups (broad SMARTS) is 1. The van der Waals surface area contributed by atoms with Crippen molar-refractivity contribution in [2.24, 2.45) is 5.92 Å². The van der Waals surface area contributed by atoms with E-state index < -0.39 is 18.0 Å². The summed E-state index contributed by atoms with van der Waals surface area (Å²) in [4.78, 5) is 10.9. The van der Waals surface area contributed by atoms with Crippen LogP contribution in [0.4, 0.5) is 4.39 Å². The van der Waals surface area contributed by atoms with Crippen molar-refractivity contribution in [1.29, 1.82) is 0 Å². The second-order valence-corrected chi connectivity index (χ2v) is 5.14. The maximum atomic E-state index is 13.2. The lowest BCUT2D eigenvalue weighted by Gasteiger charge is -2.32. The third kappa shape index (κ3) is 3.30. The van der Waals surface area contributed by atoms with Crippen molar-refractivity contribution in [2.75, 3.05) is 6.54 Å². The summed E-state index contributed by atoms with van der Waals surface area (Å²) in [6.45, 7) is 1.98. The molecule has 3 atom stereocenters. The highest BCUT2D eigenvalue weighted by Crippen LogP contribution is 2.19. The summed E-state index contributed by atoms with van der Waals surface area (Å²) in [5.41, 5.74) is 1.58. The molecule has 0 aliphatic carbocycles. The Morgan fingerprint density at radius 2 is 2.26 bits per heavy atom. The summed E-state index contributed by atoms with van der Waals surface area (Å²) >= 11 is 0. The lowest BCUT2D eigenvalue weighted by Crippen LogP contribution is -2.50. The van der Waals surface area contributed by atoms with Gasteiger partial charge in [-0.1, -0.05) is 12.1 Å². The Labute approximate surface area is 111 Å². The minimum absolute atomic E-state index is 0.0236. The molecule has 3 unspecified atom stereocenters. The molecule has 0 spiro atoms. The third-order valence-electron chi connectivity index (χ3n) is 3.64. The van der Waals surface area contributed by atoms with Crippen LogP contribution in [-0.4, -0.2) is 34.9 Å². The van der Waals surface area contributed by atoms with Gasteiger partial charge in [-0.3, -0.25) is 4.79 Å². The molecule has 0 aromatic heterocycles. The molecule has 5 heteroatoms. The summed E-state index contributed by atoms with van der Waals surface area (Å²) in [7, 11) is 0. The zero-order valence-electron chi connectivity index (χ0n) is 10.8. The molecule has 0 amide bonds. The highest BCUT2D eigenvalue weighted by molar-refractivity contribution is 5.71. The fraction of sp³-hybridized carbons (Fsp3) is 0.500. The van der Waals surface area contributed by atoms with Gasteiger partial charge in [0, 0.05) is 12.6 Å². The topological polar surface area (TPSA) is 69.6 Å². The first kappa shape index (κ1) is 14.0. The molecule has 1 aliphatic heterocycles. The van der Waals surface area contributed by atoms with Crippen molar-refractivity contribution in [3.8, 4) is 0 Å². The minimum Gasteiger partial charge on any atom is -0.481 e. The molecule has 0 saturated carbocycles. The van der Waals surface area contributed by atoms with Gasteiger partial charge in [-0.2, -0.15) is 0 Å². The molecule has 19 heavy (non-hydrogen) atoms. The summed E-state index contributed by atoms with van der Waals surface area (Å²) in [5.74, 6) is -1.95. The van der Waals surface area contributed by atoms with Gasteiger partial charge in [-0.05, 0) is 37.0 Å². The Morgan fingerprint density at radius 3 is 2.84 bits per heavy atom. The zero-order valence-corrected chi connectivity index (χ0v) is 10.8. The van der Waals surface area contributed by atoms with Crippen molar-refractivity contribution in [3.05, 3.63) is 35.1 Å². The van der Waals surface area contributed by atoms with Gasteiger partial charge < -0.3 is 15.5 Å². The molecule has 1 aromatic carbocycles. The van der Waals surface area contributed by atoms with Crippen molar-refractivity contribution in [2.45, 2.75) is 31.9 Å². The number of aliphatic hydroxyl groups excluding tert-OH is 1. The smallest absolute Gasteiger partial charge is 0.310 e. The van der Waals surface area contributed by atoms with Gasteiger partial charge in [-0.25, -0.2) is 4.39 Å². The van der Waals surface area contributed by atoms with Crippen molar-refractivity contribution >= 4 is 5.97 Å². The third-order valence-corrected chi connectivity index (χ3v) is 3.64. The van der Waals surface area contributed by atoms with Crippen molar-refractivity contribution < 1.29 is 19.4 Å². The Balaban J connectivity index is 1.98. The molecule has 1 saturated heterocycles. The van der Waals surface area contributed by atoms with Crippen LogP contribution in [0.3, 0.4) is 0 Å². The van der Waals surface area contributed by atoms with E-state index in [1.54, 1.807) is 19.1 Å². The van der Waals surface area contributed by atoms with Crippen LogP contribution in [0.15, 0.2) is 18.2 Å². The Hall–Kier alpha value is -1.46. The van der Waals surface area contributed by atoms with Crippen LogP contribution in [0.5, 0.6) is 0 Å². The fourth-order valence-electron chi connectivity index (χ4n) is 2.49. The van der Waals surface area contributed by atoms with E-state index in [0.29, 0.717) is 18.4 Å². The molecule has 4 nitrogen and oxygen atoms in total. The number of piperidine rings is 1. The lowest BCUT2D eigenvalue weighted by molar-refractivity contribution is -0.147. The molecular formula is C14H18FNO3. The molecular weight excluding hydrogens is 249 g/mol. The van der Waals surface area contributed by atoms with E-state index in [0.717, 1.165) is 5.56 Å². The van der Waals surface area contributed by atoms with E-state index in [2.05, 4.69) is 5.32 Å². The van der Waals surface area contributed by atoms with Crippen LogP contribution in [0.1, 0.15) is 17.5 Å². The van der Waals surface area contributed by atoms with Gasteiger partial charge in [0.05, 0.1) is 12.0 Å². The number of aliphatic hydroxyl groups is 1. The molecule has 1 aliphatic rings. The van der Waals surface area contributed by atoms with Crippen molar-refractivity contribution in [3.63, 3.8) is 0 Å². The summed E-state index contributed by atoms with van der Waals surface area (Å²) in [5, 5.41) is 21.8.